The molecule has 0 fully saturated rings. The van der Waals surface area contributed by atoms with E-state index in [9.17, 15) is 9.59 Å². The highest BCUT2D eigenvalue weighted by Crippen LogP contribution is 2.04. The van der Waals surface area contributed by atoms with Crippen molar-refractivity contribution in [3.05, 3.63) is 0 Å². The number of carbonyl (C=O) groups is 2. The topological polar surface area (TPSA) is 124 Å². The number of nitrogen functional groups attached to an aromatic ring is 1. The van der Waals surface area contributed by atoms with Crippen molar-refractivity contribution < 1.29 is 14.3 Å². The van der Waals surface area contributed by atoms with Crippen LogP contribution in [-0.4, -0.2) is 45.4 Å². The summed E-state index contributed by atoms with van der Waals surface area (Å²) in [6.07, 6.45) is 0. The van der Waals surface area contributed by atoms with Crippen molar-refractivity contribution in [2.75, 3.05) is 24.7 Å². The van der Waals surface area contributed by atoms with Crippen LogP contribution >= 0.6 is 12.2 Å². The minimum absolute atomic E-state index is 0.0199. The highest BCUT2D eigenvalue weighted by Gasteiger charge is 2.18. The van der Waals surface area contributed by atoms with Crippen LogP contribution in [0, 0.1) is 0 Å². The zero-order valence-corrected chi connectivity index (χ0v) is 10.6. The molecule has 0 bridgehead atoms. The summed E-state index contributed by atoms with van der Waals surface area (Å²) < 4.78 is 5.61. The molecule has 0 spiro atoms. The molecule has 0 aliphatic carbocycles. The first kappa shape index (κ1) is 13.8. The Morgan fingerprint density at radius 1 is 1.56 bits per heavy atom. The Bertz CT molecular complexity index is 485. The Morgan fingerprint density at radius 2 is 2.22 bits per heavy atom. The summed E-state index contributed by atoms with van der Waals surface area (Å²) in [6.45, 7) is 1.68. The maximum atomic E-state index is 11.3. The van der Waals surface area contributed by atoms with Gasteiger partial charge in [0, 0.05) is 7.05 Å². The van der Waals surface area contributed by atoms with Gasteiger partial charge in [0.05, 0.1) is 6.61 Å². The quantitative estimate of drug-likeness (QED) is 0.345. The van der Waals surface area contributed by atoms with Crippen molar-refractivity contribution in [2.45, 2.75) is 6.92 Å². The van der Waals surface area contributed by atoms with Crippen LogP contribution < -0.4 is 16.4 Å². The molecule has 1 aromatic rings. The van der Waals surface area contributed by atoms with Crippen LogP contribution in [0.4, 0.5) is 11.9 Å². The maximum Gasteiger partial charge on any atom is 0.397 e. The van der Waals surface area contributed by atoms with Gasteiger partial charge in [0.25, 0.3) is 5.95 Å². The van der Waals surface area contributed by atoms with Crippen molar-refractivity contribution in [1.82, 2.24) is 20.1 Å². The van der Waals surface area contributed by atoms with Gasteiger partial charge in [-0.2, -0.15) is 9.67 Å². The van der Waals surface area contributed by atoms with Gasteiger partial charge in [-0.15, -0.1) is 5.10 Å². The smallest absolute Gasteiger partial charge is 0.397 e. The molecule has 0 aromatic carbocycles. The molecule has 4 N–H and O–H groups in total. The predicted octanol–water partition coefficient (Wildman–Crippen LogP) is -1.29. The molecule has 98 valence electrons. The number of nitrogens with one attached hydrogen (secondary N) is 2. The number of hydrogen-bond acceptors (Lipinski definition) is 7. The molecule has 1 heterocycles. The second kappa shape index (κ2) is 5.91. The van der Waals surface area contributed by atoms with Gasteiger partial charge < -0.3 is 15.8 Å². The molecule has 1 aromatic heterocycles. The first-order valence-corrected chi connectivity index (χ1v) is 5.33. The van der Waals surface area contributed by atoms with Gasteiger partial charge in [-0.3, -0.25) is 10.1 Å². The van der Waals surface area contributed by atoms with Crippen molar-refractivity contribution in [2.24, 2.45) is 0 Å². The largest absolute Gasteiger partial charge is 0.459 e. The van der Waals surface area contributed by atoms with Crippen LogP contribution in [0.2, 0.25) is 0 Å². The van der Waals surface area contributed by atoms with Gasteiger partial charge in [0.1, 0.15) is 0 Å². The number of thiocarbonyl (C=S) groups is 1. The van der Waals surface area contributed by atoms with Crippen LogP contribution in [-0.2, 0) is 14.3 Å². The molecule has 10 heteroatoms. The number of hydrogen-bond donors (Lipinski definition) is 3. The highest BCUT2D eigenvalue weighted by atomic mass is 32.1. The summed E-state index contributed by atoms with van der Waals surface area (Å²) in [5, 5.41) is 8.79. The number of aromatic nitrogens is 3. The summed E-state index contributed by atoms with van der Waals surface area (Å²) in [6, 6.07) is 0. The molecule has 0 atom stereocenters. The van der Waals surface area contributed by atoms with E-state index in [2.05, 4.69) is 25.5 Å². The average molecular weight is 272 g/mol. The third-order valence-corrected chi connectivity index (χ3v) is 2.10. The van der Waals surface area contributed by atoms with Gasteiger partial charge >= 0.3 is 11.9 Å². The molecular weight excluding hydrogens is 260 g/mol. The SMILES string of the molecule is CCOC(=O)C(=O)Nc1nc(N)n(C(=S)NC)n1. The van der Waals surface area contributed by atoms with Gasteiger partial charge in [-0.05, 0) is 19.1 Å². The van der Waals surface area contributed by atoms with Crippen LogP contribution in [0.5, 0.6) is 0 Å². The lowest BCUT2D eigenvalue weighted by Crippen LogP contribution is -2.27. The Hall–Kier alpha value is -2.23. The number of nitrogens with zero attached hydrogens (tertiary/aromatic N) is 3. The van der Waals surface area contributed by atoms with Gasteiger partial charge in [-0.1, -0.05) is 0 Å². The Kier molecular flexibility index (Phi) is 4.54. The molecule has 1 rings (SSSR count). The molecule has 0 saturated heterocycles. The van der Waals surface area contributed by atoms with E-state index in [1.807, 2.05) is 0 Å². The summed E-state index contributed by atoms with van der Waals surface area (Å²) in [5.41, 5.74) is 5.52. The first-order chi connectivity index (χ1) is 8.49. The third kappa shape index (κ3) is 3.13. The van der Waals surface area contributed by atoms with Gasteiger partial charge in [0.2, 0.25) is 5.95 Å². The lowest BCUT2D eigenvalue weighted by atomic mass is 10.6. The highest BCUT2D eigenvalue weighted by molar-refractivity contribution is 7.80. The fraction of sp³-hybridized carbons (Fsp3) is 0.375. The normalized spacial score (nSPS) is 9.67. The summed E-state index contributed by atoms with van der Waals surface area (Å²) in [5.74, 6) is -2.16. The molecule has 0 unspecified atom stereocenters. The number of anilines is 2. The molecular formula is C8H12N6O3S. The van der Waals surface area contributed by atoms with Crippen LogP contribution in [0.15, 0.2) is 0 Å². The lowest BCUT2D eigenvalue weighted by molar-refractivity contribution is -0.152. The maximum absolute atomic E-state index is 11.3. The Morgan fingerprint density at radius 3 is 2.78 bits per heavy atom. The number of carbonyl (C=O) groups excluding carboxylic acids is 2. The van der Waals surface area contributed by atoms with Crippen LogP contribution in [0.3, 0.4) is 0 Å². The molecule has 0 aliphatic heterocycles. The number of nitrogens with two attached hydrogens (primary N) is 1. The van der Waals surface area contributed by atoms with Gasteiger partial charge in [0.15, 0.2) is 5.11 Å². The molecule has 0 aliphatic rings. The summed E-state index contributed by atoms with van der Waals surface area (Å²) >= 11 is 4.89. The van der Waals surface area contributed by atoms with E-state index in [0.29, 0.717) is 0 Å². The molecule has 0 radical (unpaired) electrons. The second-order valence-electron chi connectivity index (χ2n) is 2.94. The van der Waals surface area contributed by atoms with E-state index in [-0.39, 0.29) is 23.6 Å². The summed E-state index contributed by atoms with van der Waals surface area (Å²) in [4.78, 5) is 26.1. The third-order valence-electron chi connectivity index (χ3n) is 1.72. The fourth-order valence-electron chi connectivity index (χ4n) is 0.982. The van der Waals surface area contributed by atoms with E-state index in [4.69, 9.17) is 18.0 Å². The molecule has 1 amide bonds. The van der Waals surface area contributed by atoms with E-state index in [1.165, 1.54) is 0 Å². The van der Waals surface area contributed by atoms with Gasteiger partial charge in [-0.25, -0.2) is 4.79 Å². The first-order valence-electron chi connectivity index (χ1n) is 4.92. The standard InChI is InChI=1S/C8H12N6O3S/c1-3-17-5(16)4(15)11-7-12-6(9)14(13-7)8(18)10-2/h3H2,1-2H3,(H,10,18)(H3,9,11,12,13,15). The second-order valence-corrected chi connectivity index (χ2v) is 3.32. The van der Waals surface area contributed by atoms with E-state index < -0.39 is 11.9 Å². The zero-order valence-electron chi connectivity index (χ0n) is 9.76. The number of rotatable bonds is 2. The lowest BCUT2D eigenvalue weighted by Gasteiger charge is -2.01. The number of amides is 1. The zero-order chi connectivity index (χ0) is 13.7. The van der Waals surface area contributed by atoms with E-state index in [0.717, 1.165) is 4.68 Å². The molecule has 18 heavy (non-hydrogen) atoms. The van der Waals surface area contributed by atoms with E-state index >= 15 is 0 Å². The molecule has 9 nitrogen and oxygen atoms in total. The Labute approximate surface area is 108 Å². The molecule has 0 saturated carbocycles. The van der Waals surface area contributed by atoms with Crippen molar-refractivity contribution in [1.29, 1.82) is 0 Å². The van der Waals surface area contributed by atoms with E-state index in [1.54, 1.807) is 14.0 Å². The van der Waals surface area contributed by atoms with Crippen LogP contribution in [0.25, 0.3) is 0 Å². The minimum Gasteiger partial charge on any atom is -0.459 e. The minimum atomic E-state index is -1.02. The Balaban J connectivity index is 2.77. The van der Waals surface area contributed by atoms with Crippen molar-refractivity contribution in [3.63, 3.8) is 0 Å². The monoisotopic (exact) mass is 272 g/mol. The van der Waals surface area contributed by atoms with Crippen molar-refractivity contribution in [3.8, 4) is 0 Å². The average Bonchev–Trinajstić information content (AvgIpc) is 2.69. The predicted molar refractivity (Wildman–Crippen MR) is 66.8 cm³/mol. The van der Waals surface area contributed by atoms with Crippen LogP contribution in [0.1, 0.15) is 6.92 Å². The number of esters is 1. The summed E-state index contributed by atoms with van der Waals surface area (Å²) in [7, 11) is 1.58. The fourth-order valence-corrected chi connectivity index (χ4v) is 1.12. The number of ether oxygens (including phenoxy) is 1. The van der Waals surface area contributed by atoms with Crippen molar-refractivity contribution >= 4 is 41.1 Å².